The van der Waals surface area contributed by atoms with E-state index in [0.29, 0.717) is 18.2 Å². The maximum absolute atomic E-state index is 12.5. The van der Waals surface area contributed by atoms with E-state index >= 15 is 0 Å². The summed E-state index contributed by atoms with van der Waals surface area (Å²) < 4.78 is 12.5. The van der Waals surface area contributed by atoms with Crippen molar-refractivity contribution in [1.29, 1.82) is 0 Å². The molecule has 1 amide bonds. The zero-order valence-electron chi connectivity index (χ0n) is 21.2. The fourth-order valence-electron chi connectivity index (χ4n) is 4.46. The van der Waals surface area contributed by atoms with Crippen LogP contribution in [0.2, 0.25) is 0 Å². The number of benzene rings is 2. The van der Waals surface area contributed by atoms with Gasteiger partial charge in [-0.3, -0.25) is 9.69 Å². The molecular weight excluding hydrogens is 481 g/mol. The maximum Gasteiger partial charge on any atom is 0.247 e. The van der Waals surface area contributed by atoms with Crippen LogP contribution < -0.4 is 16.0 Å². The highest BCUT2D eigenvalue weighted by Crippen LogP contribution is 2.30. The molecular formula is C29H30FN7O. The molecule has 38 heavy (non-hydrogen) atoms. The number of halogens is 1. The summed E-state index contributed by atoms with van der Waals surface area (Å²) in [5.74, 6) is 0.945. The van der Waals surface area contributed by atoms with Crippen molar-refractivity contribution in [2.75, 3.05) is 42.3 Å². The molecule has 0 bridgehead atoms. The summed E-state index contributed by atoms with van der Waals surface area (Å²) in [4.78, 5) is 28.0. The number of alkyl halides is 1. The first-order chi connectivity index (χ1) is 18.5. The quantitative estimate of drug-likeness (QED) is 0.252. The Hall–Kier alpha value is -4.37. The van der Waals surface area contributed by atoms with Crippen molar-refractivity contribution in [3.8, 4) is 11.3 Å². The molecule has 2 aromatic carbocycles. The standard InChI is InChI=1S/C29H30FN7O/c1-3-19-8-10-24-25(14-19)35-29(36-28(24)20-6-5-7-21(15-20)33-27(38)4-2)34-22-9-11-26(31-16-22)32-23-17-37(18-23)13-12-30/h4-11,14-16,23H,2-3,12-13,17-18H2,1H3,(H,31,32)(H,33,38)(H,34,35,36). The molecule has 2 aromatic heterocycles. The zero-order chi connectivity index (χ0) is 26.5. The number of fused-ring (bicyclic) bond motifs is 1. The number of nitrogens with one attached hydrogen (secondary N) is 3. The summed E-state index contributed by atoms with van der Waals surface area (Å²) >= 11 is 0. The molecule has 8 nitrogen and oxygen atoms in total. The van der Waals surface area contributed by atoms with E-state index in [0.717, 1.165) is 53.2 Å². The van der Waals surface area contributed by atoms with Crippen LogP contribution in [0.3, 0.4) is 0 Å². The predicted octanol–water partition coefficient (Wildman–Crippen LogP) is 5.19. The molecule has 3 heterocycles. The summed E-state index contributed by atoms with van der Waals surface area (Å²) in [6, 6.07) is 17.9. The lowest BCUT2D eigenvalue weighted by Crippen LogP contribution is -2.55. The Morgan fingerprint density at radius 1 is 1.13 bits per heavy atom. The van der Waals surface area contributed by atoms with Gasteiger partial charge in [0.15, 0.2) is 0 Å². The third kappa shape index (κ3) is 5.78. The number of aromatic nitrogens is 3. The van der Waals surface area contributed by atoms with Gasteiger partial charge in [-0.25, -0.2) is 19.3 Å². The van der Waals surface area contributed by atoms with E-state index in [9.17, 15) is 9.18 Å². The maximum atomic E-state index is 12.5. The van der Waals surface area contributed by atoms with E-state index in [2.05, 4.69) is 51.5 Å². The highest BCUT2D eigenvalue weighted by atomic mass is 19.1. The zero-order valence-corrected chi connectivity index (χ0v) is 21.2. The van der Waals surface area contributed by atoms with E-state index in [1.54, 1.807) is 6.20 Å². The second-order valence-corrected chi connectivity index (χ2v) is 9.22. The first-order valence-electron chi connectivity index (χ1n) is 12.7. The van der Waals surface area contributed by atoms with Crippen LogP contribution >= 0.6 is 0 Å². The number of nitrogens with zero attached hydrogens (tertiary/aromatic N) is 4. The van der Waals surface area contributed by atoms with Crippen molar-refractivity contribution >= 4 is 40.0 Å². The number of hydrogen-bond acceptors (Lipinski definition) is 7. The largest absolute Gasteiger partial charge is 0.365 e. The highest BCUT2D eigenvalue weighted by molar-refractivity contribution is 6.00. The van der Waals surface area contributed by atoms with Crippen LogP contribution in [0.1, 0.15) is 12.5 Å². The monoisotopic (exact) mass is 511 g/mol. The number of hydrogen-bond donors (Lipinski definition) is 3. The Morgan fingerprint density at radius 3 is 2.74 bits per heavy atom. The molecule has 1 aliphatic rings. The van der Waals surface area contributed by atoms with Gasteiger partial charge >= 0.3 is 0 Å². The van der Waals surface area contributed by atoms with Gasteiger partial charge in [-0.15, -0.1) is 0 Å². The number of aryl methyl sites for hydroxylation is 1. The van der Waals surface area contributed by atoms with Crippen LogP contribution in [-0.4, -0.2) is 58.1 Å². The Morgan fingerprint density at radius 2 is 2.00 bits per heavy atom. The minimum Gasteiger partial charge on any atom is -0.365 e. The number of carbonyl (C=O) groups is 1. The lowest BCUT2D eigenvalue weighted by Gasteiger charge is -2.39. The summed E-state index contributed by atoms with van der Waals surface area (Å²) in [6.45, 7) is 7.42. The second kappa shape index (κ2) is 11.4. The van der Waals surface area contributed by atoms with E-state index in [4.69, 9.17) is 9.97 Å². The lowest BCUT2D eigenvalue weighted by atomic mass is 10.0. The number of likely N-dealkylation sites (tertiary alicyclic amines) is 1. The van der Waals surface area contributed by atoms with Gasteiger partial charge in [-0.2, -0.15) is 0 Å². The molecule has 1 saturated heterocycles. The van der Waals surface area contributed by atoms with E-state index in [1.165, 1.54) is 11.6 Å². The third-order valence-corrected chi connectivity index (χ3v) is 6.49. The number of rotatable bonds is 10. The van der Waals surface area contributed by atoms with Crippen LogP contribution in [-0.2, 0) is 11.2 Å². The number of carbonyl (C=O) groups excluding carboxylic acids is 1. The number of amides is 1. The molecule has 0 saturated carbocycles. The Bertz CT molecular complexity index is 1450. The van der Waals surface area contributed by atoms with E-state index < -0.39 is 0 Å². The molecule has 194 valence electrons. The second-order valence-electron chi connectivity index (χ2n) is 9.22. The molecule has 0 spiro atoms. The summed E-state index contributed by atoms with van der Waals surface area (Å²) in [6.07, 6.45) is 3.87. The number of pyridine rings is 1. The van der Waals surface area contributed by atoms with Gasteiger partial charge < -0.3 is 16.0 Å². The van der Waals surface area contributed by atoms with Crippen LogP contribution in [0.25, 0.3) is 22.2 Å². The third-order valence-electron chi connectivity index (χ3n) is 6.49. The van der Waals surface area contributed by atoms with Gasteiger partial charge in [0.25, 0.3) is 0 Å². The van der Waals surface area contributed by atoms with E-state index in [-0.39, 0.29) is 18.6 Å². The summed E-state index contributed by atoms with van der Waals surface area (Å²) in [5.41, 5.74) is 5.03. The van der Waals surface area contributed by atoms with Crippen molar-refractivity contribution in [1.82, 2.24) is 19.9 Å². The summed E-state index contributed by atoms with van der Waals surface area (Å²) in [7, 11) is 0. The van der Waals surface area contributed by atoms with Crippen LogP contribution in [0.4, 0.5) is 27.5 Å². The van der Waals surface area contributed by atoms with Crippen molar-refractivity contribution < 1.29 is 9.18 Å². The SMILES string of the molecule is C=CC(=O)Nc1cccc(-c2nc(Nc3ccc(NC4CN(CCF)C4)nc3)nc3cc(CC)ccc23)c1. The Balaban J connectivity index is 1.40. The first-order valence-corrected chi connectivity index (χ1v) is 12.7. The molecule has 5 rings (SSSR count). The fraction of sp³-hybridized carbons (Fsp3) is 0.241. The minimum absolute atomic E-state index is 0.274. The number of anilines is 4. The van der Waals surface area contributed by atoms with Crippen LogP contribution in [0.15, 0.2) is 73.4 Å². The average molecular weight is 512 g/mol. The van der Waals surface area contributed by atoms with E-state index in [1.807, 2.05) is 42.5 Å². The van der Waals surface area contributed by atoms with Gasteiger partial charge in [-0.1, -0.05) is 37.8 Å². The molecule has 0 atom stereocenters. The topological polar surface area (TPSA) is 95.1 Å². The Kier molecular flexibility index (Phi) is 7.55. The smallest absolute Gasteiger partial charge is 0.247 e. The predicted molar refractivity (Wildman–Crippen MR) is 151 cm³/mol. The van der Waals surface area contributed by atoms with Gasteiger partial charge in [0, 0.05) is 36.3 Å². The summed E-state index contributed by atoms with van der Waals surface area (Å²) in [5, 5.41) is 10.4. The molecule has 1 aliphatic heterocycles. The molecule has 9 heteroatoms. The molecule has 1 fully saturated rings. The molecule has 3 N–H and O–H groups in total. The van der Waals surface area contributed by atoms with Gasteiger partial charge in [0.05, 0.1) is 29.1 Å². The first kappa shape index (κ1) is 25.3. The van der Waals surface area contributed by atoms with Crippen molar-refractivity contribution in [2.45, 2.75) is 19.4 Å². The fourth-order valence-corrected chi connectivity index (χ4v) is 4.46. The van der Waals surface area contributed by atoms with Gasteiger partial charge in [-0.05, 0) is 48.4 Å². The molecule has 0 unspecified atom stereocenters. The lowest BCUT2D eigenvalue weighted by molar-refractivity contribution is -0.111. The van der Waals surface area contributed by atoms with Crippen LogP contribution in [0, 0.1) is 0 Å². The van der Waals surface area contributed by atoms with Gasteiger partial charge in [0.2, 0.25) is 11.9 Å². The molecule has 4 aromatic rings. The minimum atomic E-state index is -0.318. The average Bonchev–Trinajstić information content (AvgIpc) is 2.92. The van der Waals surface area contributed by atoms with Crippen molar-refractivity contribution in [3.05, 3.63) is 79.0 Å². The van der Waals surface area contributed by atoms with Crippen molar-refractivity contribution in [2.24, 2.45) is 0 Å². The van der Waals surface area contributed by atoms with Gasteiger partial charge in [0.1, 0.15) is 12.5 Å². The Labute approximate surface area is 221 Å². The van der Waals surface area contributed by atoms with Crippen LogP contribution in [0.5, 0.6) is 0 Å². The normalized spacial score (nSPS) is 13.6. The molecule has 0 radical (unpaired) electrons. The highest BCUT2D eigenvalue weighted by Gasteiger charge is 2.26. The molecule has 0 aliphatic carbocycles. The van der Waals surface area contributed by atoms with Crippen molar-refractivity contribution in [3.63, 3.8) is 0 Å².